The van der Waals surface area contributed by atoms with Crippen molar-refractivity contribution in [2.45, 2.75) is 33.5 Å². The first-order valence-electron chi connectivity index (χ1n) is 7.45. The minimum Gasteiger partial charge on any atom is -0.308 e. The van der Waals surface area contributed by atoms with E-state index in [1.807, 2.05) is 0 Å². The minimum absolute atomic E-state index is 0.913. The van der Waals surface area contributed by atoms with Crippen LogP contribution in [0.25, 0.3) is 0 Å². The summed E-state index contributed by atoms with van der Waals surface area (Å²) in [4.78, 5) is 3.79. The van der Waals surface area contributed by atoms with Crippen molar-refractivity contribution in [3.63, 3.8) is 0 Å². The minimum atomic E-state index is 0.913. The average Bonchev–Trinajstić information content (AvgIpc) is 2.92. The van der Waals surface area contributed by atoms with Crippen LogP contribution in [0.2, 0.25) is 0 Å². The second-order valence-corrected chi connectivity index (χ2v) is 6.93. The zero-order valence-electron chi connectivity index (χ0n) is 12.7. The van der Waals surface area contributed by atoms with Crippen LogP contribution in [0.1, 0.15) is 29.9 Å². The van der Waals surface area contributed by atoms with E-state index in [9.17, 15) is 0 Å². The Bertz CT molecular complexity index is 532. The number of hydrogen-bond donors (Lipinski definition) is 1. The lowest BCUT2D eigenvalue weighted by atomic mass is 10.1. The second-order valence-electron chi connectivity index (χ2n) is 5.07. The van der Waals surface area contributed by atoms with E-state index in [0.29, 0.717) is 0 Å². The molecule has 0 fully saturated rings. The van der Waals surface area contributed by atoms with Gasteiger partial charge in [0.15, 0.2) is 0 Å². The quantitative estimate of drug-likeness (QED) is 0.731. The molecule has 1 heterocycles. The maximum Gasteiger partial charge on any atom is 0.0327 e. The summed E-state index contributed by atoms with van der Waals surface area (Å²) in [7, 11) is 0. The molecular formula is C17H23BrN2S. The van der Waals surface area contributed by atoms with E-state index in [2.05, 4.69) is 75.7 Å². The number of nitrogens with zero attached hydrogens (tertiary/aromatic N) is 1. The highest BCUT2D eigenvalue weighted by Crippen LogP contribution is 2.22. The van der Waals surface area contributed by atoms with Crippen LogP contribution in [0, 0.1) is 0 Å². The Hall–Kier alpha value is -0.680. The molecule has 0 aliphatic carbocycles. The van der Waals surface area contributed by atoms with Gasteiger partial charge in [-0.15, -0.1) is 11.3 Å². The van der Waals surface area contributed by atoms with Crippen LogP contribution in [0.3, 0.4) is 0 Å². The van der Waals surface area contributed by atoms with Crippen molar-refractivity contribution >= 4 is 27.3 Å². The molecule has 0 atom stereocenters. The summed E-state index contributed by atoms with van der Waals surface area (Å²) >= 11 is 5.35. The Labute approximate surface area is 140 Å². The first-order chi connectivity index (χ1) is 10.2. The molecule has 0 unspecified atom stereocenters. The number of hydrogen-bond acceptors (Lipinski definition) is 3. The van der Waals surface area contributed by atoms with Gasteiger partial charge in [0.2, 0.25) is 0 Å². The van der Waals surface area contributed by atoms with Crippen LogP contribution in [0.4, 0.5) is 0 Å². The smallest absolute Gasteiger partial charge is 0.0327 e. The molecule has 1 aromatic carbocycles. The van der Waals surface area contributed by atoms with Gasteiger partial charge in [0.1, 0.15) is 0 Å². The van der Waals surface area contributed by atoms with Crippen LogP contribution in [0.15, 0.2) is 40.2 Å². The lowest BCUT2D eigenvalue weighted by Crippen LogP contribution is -2.22. The fourth-order valence-corrected chi connectivity index (χ4v) is 3.70. The number of halogens is 1. The van der Waals surface area contributed by atoms with E-state index in [1.165, 1.54) is 20.5 Å². The molecular weight excluding hydrogens is 344 g/mol. The van der Waals surface area contributed by atoms with Gasteiger partial charge in [-0.3, -0.25) is 4.90 Å². The number of benzene rings is 1. The maximum atomic E-state index is 3.56. The lowest BCUT2D eigenvalue weighted by molar-refractivity contribution is 0.296. The van der Waals surface area contributed by atoms with Crippen molar-refractivity contribution in [2.24, 2.45) is 0 Å². The summed E-state index contributed by atoms with van der Waals surface area (Å²) in [5.41, 5.74) is 2.73. The van der Waals surface area contributed by atoms with Gasteiger partial charge in [0.05, 0.1) is 0 Å². The molecule has 2 rings (SSSR count). The van der Waals surface area contributed by atoms with Crippen molar-refractivity contribution < 1.29 is 0 Å². The third-order valence-corrected chi connectivity index (χ3v) is 5.56. The molecule has 1 aromatic heterocycles. The van der Waals surface area contributed by atoms with Crippen molar-refractivity contribution in [3.8, 4) is 0 Å². The first kappa shape index (κ1) is 16.7. The molecule has 21 heavy (non-hydrogen) atoms. The van der Waals surface area contributed by atoms with Crippen LogP contribution in [0.5, 0.6) is 0 Å². The zero-order chi connectivity index (χ0) is 15.1. The third kappa shape index (κ3) is 5.22. The average molecular weight is 367 g/mol. The number of nitrogens with one attached hydrogen (secondary N) is 1. The molecule has 2 aromatic rings. The van der Waals surface area contributed by atoms with E-state index in [4.69, 9.17) is 0 Å². The highest BCUT2D eigenvalue weighted by Gasteiger charge is 2.02. The van der Waals surface area contributed by atoms with E-state index >= 15 is 0 Å². The molecule has 4 heteroatoms. The summed E-state index contributed by atoms with van der Waals surface area (Å²) < 4.78 is 1.20. The molecule has 0 saturated heterocycles. The van der Waals surface area contributed by atoms with E-state index in [1.54, 1.807) is 11.3 Å². The monoisotopic (exact) mass is 366 g/mol. The number of rotatable bonds is 8. The molecule has 1 N–H and O–H groups in total. The SMILES string of the molecule is CCN(CC)Cc1ccc(CNCc2sccc2Br)cc1. The van der Waals surface area contributed by atoms with Gasteiger partial charge in [0, 0.05) is 29.0 Å². The van der Waals surface area contributed by atoms with Crippen molar-refractivity contribution in [1.29, 1.82) is 0 Å². The third-order valence-electron chi connectivity index (χ3n) is 3.63. The van der Waals surface area contributed by atoms with Crippen LogP contribution in [-0.4, -0.2) is 18.0 Å². The van der Waals surface area contributed by atoms with Gasteiger partial charge >= 0.3 is 0 Å². The normalized spacial score (nSPS) is 11.2. The largest absolute Gasteiger partial charge is 0.308 e. The Balaban J connectivity index is 1.81. The first-order valence-corrected chi connectivity index (χ1v) is 9.13. The molecule has 114 valence electrons. The molecule has 0 aliphatic rings. The Morgan fingerprint density at radius 3 is 2.24 bits per heavy atom. The molecule has 0 saturated carbocycles. The van der Waals surface area contributed by atoms with Gasteiger partial charge in [-0.2, -0.15) is 0 Å². The molecule has 2 nitrogen and oxygen atoms in total. The predicted molar refractivity (Wildman–Crippen MR) is 95.6 cm³/mol. The van der Waals surface area contributed by atoms with E-state index < -0.39 is 0 Å². The Morgan fingerprint density at radius 1 is 1.00 bits per heavy atom. The van der Waals surface area contributed by atoms with Gasteiger partial charge in [-0.05, 0) is 51.6 Å². The van der Waals surface area contributed by atoms with Crippen molar-refractivity contribution in [1.82, 2.24) is 10.2 Å². The summed E-state index contributed by atoms with van der Waals surface area (Å²) in [6.45, 7) is 9.51. The van der Waals surface area contributed by atoms with E-state index in [-0.39, 0.29) is 0 Å². The molecule has 0 bridgehead atoms. The second kappa shape index (κ2) is 8.69. The predicted octanol–water partition coefficient (Wildman–Crippen LogP) is 4.64. The fraction of sp³-hybridized carbons (Fsp3) is 0.412. The topological polar surface area (TPSA) is 15.3 Å². The zero-order valence-corrected chi connectivity index (χ0v) is 15.1. The van der Waals surface area contributed by atoms with Crippen LogP contribution < -0.4 is 5.32 Å². The molecule has 0 aliphatic heterocycles. The Morgan fingerprint density at radius 2 is 1.67 bits per heavy atom. The highest BCUT2D eigenvalue weighted by atomic mass is 79.9. The fourth-order valence-electron chi connectivity index (χ4n) is 2.24. The van der Waals surface area contributed by atoms with Gasteiger partial charge in [0.25, 0.3) is 0 Å². The summed E-state index contributed by atoms with van der Waals surface area (Å²) in [5.74, 6) is 0. The van der Waals surface area contributed by atoms with Crippen LogP contribution in [-0.2, 0) is 19.6 Å². The molecule has 0 radical (unpaired) electrons. The maximum absolute atomic E-state index is 3.56. The summed E-state index contributed by atoms with van der Waals surface area (Å²) in [5, 5.41) is 5.61. The Kier molecular flexibility index (Phi) is 6.90. The summed E-state index contributed by atoms with van der Waals surface area (Å²) in [6, 6.07) is 11.1. The summed E-state index contributed by atoms with van der Waals surface area (Å²) in [6.07, 6.45) is 0. The van der Waals surface area contributed by atoms with Crippen molar-refractivity contribution in [2.75, 3.05) is 13.1 Å². The van der Waals surface area contributed by atoms with Gasteiger partial charge < -0.3 is 5.32 Å². The van der Waals surface area contributed by atoms with Crippen LogP contribution >= 0.6 is 27.3 Å². The van der Waals surface area contributed by atoms with Gasteiger partial charge in [-0.1, -0.05) is 38.1 Å². The molecule has 0 amide bonds. The van der Waals surface area contributed by atoms with E-state index in [0.717, 1.165) is 32.7 Å². The standard InChI is InChI=1S/C17H23BrN2S/c1-3-20(4-2)13-15-7-5-14(6-8-15)11-19-12-17-16(18)9-10-21-17/h5-10,19H,3-4,11-13H2,1-2H3. The van der Waals surface area contributed by atoms with Gasteiger partial charge in [-0.25, -0.2) is 0 Å². The molecule has 0 spiro atoms. The highest BCUT2D eigenvalue weighted by molar-refractivity contribution is 9.10. The lowest BCUT2D eigenvalue weighted by Gasteiger charge is -2.18. The van der Waals surface area contributed by atoms with Crippen molar-refractivity contribution in [3.05, 3.63) is 56.2 Å². The number of thiophene rings is 1.